The number of amides is 1. The van der Waals surface area contributed by atoms with Crippen LogP contribution in [-0.4, -0.2) is 34.1 Å². The zero-order chi connectivity index (χ0) is 21.1. The number of nitriles is 1. The van der Waals surface area contributed by atoms with Gasteiger partial charge >= 0.3 is 0 Å². The van der Waals surface area contributed by atoms with Crippen molar-refractivity contribution in [3.63, 3.8) is 0 Å². The normalized spacial score (nSPS) is 18.5. The summed E-state index contributed by atoms with van der Waals surface area (Å²) < 4.78 is 7.40. The maximum absolute atomic E-state index is 12.6. The molecule has 0 aliphatic heterocycles. The van der Waals surface area contributed by atoms with Crippen LogP contribution in [0.3, 0.4) is 0 Å². The standard InChI is InChI=1S/C22H21N5O3/c1-30-21-9-19-16(12-27(26-19)17-5-2-14(13-28)3-6-17)8-20(21)25-22(29)18-7-4-15(10-23)11-24-18/h4,7-9,11-14,17H,2-3,5-6H2,1H3,(H,25,29). The van der Waals surface area contributed by atoms with Gasteiger partial charge in [0.1, 0.15) is 23.8 Å². The highest BCUT2D eigenvalue weighted by molar-refractivity contribution is 6.05. The quantitative estimate of drug-likeness (QED) is 0.653. The molecule has 0 bridgehead atoms. The summed E-state index contributed by atoms with van der Waals surface area (Å²) in [7, 11) is 1.54. The second kappa shape index (κ2) is 8.33. The molecular formula is C22H21N5O3. The number of methoxy groups -OCH3 is 1. The number of benzene rings is 1. The van der Waals surface area contributed by atoms with E-state index in [4.69, 9.17) is 10.00 Å². The van der Waals surface area contributed by atoms with Gasteiger partial charge < -0.3 is 14.8 Å². The van der Waals surface area contributed by atoms with Gasteiger partial charge in [-0.25, -0.2) is 4.98 Å². The number of carbonyl (C=O) groups is 2. The van der Waals surface area contributed by atoms with Crippen LogP contribution in [0.25, 0.3) is 10.9 Å². The molecule has 1 saturated carbocycles. The number of hydrogen-bond donors (Lipinski definition) is 1. The second-order valence-electron chi connectivity index (χ2n) is 7.42. The first-order valence-electron chi connectivity index (χ1n) is 9.81. The van der Waals surface area contributed by atoms with E-state index in [0.29, 0.717) is 17.0 Å². The summed E-state index contributed by atoms with van der Waals surface area (Å²) in [5.74, 6) is 0.264. The molecule has 0 unspecified atom stereocenters. The van der Waals surface area contributed by atoms with Crippen molar-refractivity contribution in [1.29, 1.82) is 5.26 Å². The third kappa shape index (κ3) is 3.87. The minimum atomic E-state index is -0.392. The molecule has 1 aromatic carbocycles. The Kier molecular flexibility index (Phi) is 5.44. The maximum Gasteiger partial charge on any atom is 0.274 e. The molecule has 0 saturated heterocycles. The van der Waals surface area contributed by atoms with Gasteiger partial charge in [-0.1, -0.05) is 0 Å². The number of aldehydes is 1. The lowest BCUT2D eigenvalue weighted by Crippen LogP contribution is -2.19. The molecule has 1 aliphatic carbocycles. The van der Waals surface area contributed by atoms with Crippen molar-refractivity contribution in [2.24, 2.45) is 5.92 Å². The van der Waals surface area contributed by atoms with Crippen LogP contribution in [-0.2, 0) is 4.79 Å². The first-order valence-corrected chi connectivity index (χ1v) is 9.81. The molecule has 0 spiro atoms. The largest absolute Gasteiger partial charge is 0.494 e. The number of rotatable bonds is 5. The van der Waals surface area contributed by atoms with Gasteiger partial charge in [0.25, 0.3) is 5.91 Å². The number of anilines is 1. The van der Waals surface area contributed by atoms with Gasteiger partial charge in [0.05, 0.1) is 29.9 Å². The predicted molar refractivity (Wildman–Crippen MR) is 110 cm³/mol. The lowest BCUT2D eigenvalue weighted by molar-refractivity contribution is -0.112. The van der Waals surface area contributed by atoms with Crippen molar-refractivity contribution in [3.8, 4) is 11.8 Å². The van der Waals surface area contributed by atoms with E-state index in [9.17, 15) is 9.59 Å². The van der Waals surface area contributed by atoms with Gasteiger partial charge in [0, 0.05) is 29.8 Å². The third-order valence-electron chi connectivity index (χ3n) is 5.52. The summed E-state index contributed by atoms with van der Waals surface area (Å²) in [5, 5.41) is 17.3. The van der Waals surface area contributed by atoms with Crippen LogP contribution in [0.2, 0.25) is 0 Å². The highest BCUT2D eigenvalue weighted by atomic mass is 16.5. The zero-order valence-electron chi connectivity index (χ0n) is 16.5. The number of nitrogens with zero attached hydrogens (tertiary/aromatic N) is 4. The number of nitrogens with one attached hydrogen (secondary N) is 1. The Bertz CT molecular complexity index is 1120. The van der Waals surface area contributed by atoms with Gasteiger partial charge in [-0.2, -0.15) is 10.4 Å². The lowest BCUT2D eigenvalue weighted by Gasteiger charge is -2.25. The van der Waals surface area contributed by atoms with E-state index >= 15 is 0 Å². The number of ether oxygens (including phenoxy) is 1. The third-order valence-corrected chi connectivity index (χ3v) is 5.52. The Morgan fingerprint density at radius 3 is 2.73 bits per heavy atom. The predicted octanol–water partition coefficient (Wildman–Crippen LogP) is 3.49. The van der Waals surface area contributed by atoms with Crippen LogP contribution in [0.4, 0.5) is 5.69 Å². The van der Waals surface area contributed by atoms with E-state index < -0.39 is 5.91 Å². The molecule has 4 rings (SSSR count). The molecule has 1 fully saturated rings. The van der Waals surface area contributed by atoms with Crippen molar-refractivity contribution in [2.45, 2.75) is 31.7 Å². The van der Waals surface area contributed by atoms with Crippen molar-refractivity contribution in [2.75, 3.05) is 12.4 Å². The van der Waals surface area contributed by atoms with Gasteiger partial charge in [0.2, 0.25) is 0 Å². The minimum absolute atomic E-state index is 0.156. The van der Waals surface area contributed by atoms with E-state index in [2.05, 4.69) is 15.4 Å². The van der Waals surface area contributed by atoms with Gasteiger partial charge in [-0.3, -0.25) is 9.48 Å². The van der Waals surface area contributed by atoms with E-state index in [1.54, 1.807) is 12.1 Å². The second-order valence-corrected chi connectivity index (χ2v) is 7.42. The van der Waals surface area contributed by atoms with Crippen molar-refractivity contribution in [3.05, 3.63) is 47.9 Å². The highest BCUT2D eigenvalue weighted by Gasteiger charge is 2.23. The van der Waals surface area contributed by atoms with E-state index in [-0.39, 0.29) is 17.7 Å². The average molecular weight is 403 g/mol. The molecule has 30 heavy (non-hydrogen) atoms. The SMILES string of the molecule is COc1cc2nn(C3CCC(C=O)CC3)cc2cc1NC(=O)c1ccc(C#N)cn1. The van der Waals surface area contributed by atoms with E-state index in [1.807, 2.05) is 23.0 Å². The Balaban J connectivity index is 1.58. The summed E-state index contributed by atoms with van der Waals surface area (Å²) in [6.45, 7) is 0. The first-order chi connectivity index (χ1) is 14.6. The minimum Gasteiger partial charge on any atom is -0.494 e. The van der Waals surface area contributed by atoms with Crippen LogP contribution in [0.15, 0.2) is 36.7 Å². The molecule has 2 heterocycles. The van der Waals surface area contributed by atoms with Crippen LogP contribution in [0, 0.1) is 17.2 Å². The molecular weight excluding hydrogens is 382 g/mol. The van der Waals surface area contributed by atoms with Crippen LogP contribution in [0.5, 0.6) is 5.75 Å². The number of carbonyl (C=O) groups excluding carboxylic acids is 2. The summed E-state index contributed by atoms with van der Waals surface area (Å²) in [4.78, 5) is 27.6. The maximum atomic E-state index is 12.6. The fourth-order valence-corrected chi connectivity index (χ4v) is 3.81. The van der Waals surface area contributed by atoms with E-state index in [1.165, 1.54) is 19.4 Å². The molecule has 0 atom stereocenters. The molecule has 1 aliphatic rings. The Morgan fingerprint density at radius 1 is 1.30 bits per heavy atom. The summed E-state index contributed by atoms with van der Waals surface area (Å²) in [6, 6.07) is 8.92. The zero-order valence-corrected chi connectivity index (χ0v) is 16.5. The van der Waals surface area contributed by atoms with Crippen molar-refractivity contribution < 1.29 is 14.3 Å². The van der Waals surface area contributed by atoms with Crippen LogP contribution >= 0.6 is 0 Å². The van der Waals surface area contributed by atoms with Crippen LogP contribution in [0.1, 0.15) is 47.8 Å². The van der Waals surface area contributed by atoms with Gasteiger partial charge in [-0.05, 0) is 43.9 Å². The van der Waals surface area contributed by atoms with Crippen molar-refractivity contribution >= 4 is 28.8 Å². The number of pyridine rings is 1. The molecule has 1 N–H and O–H groups in total. The summed E-state index contributed by atoms with van der Waals surface area (Å²) in [6.07, 6.45) is 7.98. The fourth-order valence-electron chi connectivity index (χ4n) is 3.81. The molecule has 8 heteroatoms. The first kappa shape index (κ1) is 19.6. The van der Waals surface area contributed by atoms with Crippen molar-refractivity contribution in [1.82, 2.24) is 14.8 Å². The highest BCUT2D eigenvalue weighted by Crippen LogP contribution is 2.34. The Morgan fingerprint density at radius 2 is 2.10 bits per heavy atom. The monoisotopic (exact) mass is 403 g/mol. The summed E-state index contributed by atoms with van der Waals surface area (Å²) in [5.41, 5.74) is 1.89. The van der Waals surface area contributed by atoms with E-state index in [0.717, 1.165) is 42.9 Å². The lowest BCUT2D eigenvalue weighted by atomic mass is 9.87. The number of hydrogen-bond acceptors (Lipinski definition) is 6. The Labute approximate surface area is 173 Å². The molecule has 2 aromatic heterocycles. The summed E-state index contributed by atoms with van der Waals surface area (Å²) >= 11 is 0. The fraction of sp³-hybridized carbons (Fsp3) is 0.318. The molecule has 3 aromatic rings. The molecule has 152 valence electrons. The van der Waals surface area contributed by atoms with Gasteiger partial charge in [-0.15, -0.1) is 0 Å². The average Bonchev–Trinajstić information content (AvgIpc) is 3.21. The van der Waals surface area contributed by atoms with Gasteiger partial charge in [0.15, 0.2) is 0 Å². The number of aromatic nitrogens is 3. The molecule has 1 amide bonds. The van der Waals surface area contributed by atoms with Crippen LogP contribution < -0.4 is 10.1 Å². The topological polar surface area (TPSA) is 110 Å². The molecule has 0 radical (unpaired) electrons. The Hall–Kier alpha value is -3.73. The molecule has 8 nitrogen and oxygen atoms in total. The number of fused-ring (bicyclic) bond motifs is 1. The smallest absolute Gasteiger partial charge is 0.274 e.